The van der Waals surface area contributed by atoms with Gasteiger partial charge in [0.15, 0.2) is 5.78 Å². The van der Waals surface area contributed by atoms with Crippen molar-refractivity contribution in [2.24, 2.45) is 0 Å². The van der Waals surface area contributed by atoms with Gasteiger partial charge in [-0.25, -0.2) is 0 Å². The molecule has 0 radical (unpaired) electrons. The van der Waals surface area contributed by atoms with Crippen LogP contribution < -0.4 is 5.32 Å². The highest BCUT2D eigenvalue weighted by Crippen LogP contribution is 2.20. The SMILES string of the molecule is C/C(=C/C(=O)c1cccc2ccccc12)Nc1cccc(Cl)c1. The summed E-state index contributed by atoms with van der Waals surface area (Å²) in [6.45, 7) is 1.87. The van der Waals surface area contributed by atoms with Crippen LogP contribution in [0.5, 0.6) is 0 Å². The number of rotatable bonds is 4. The molecular weight excluding hydrogens is 306 g/mol. The van der Waals surface area contributed by atoms with Crippen molar-refractivity contribution in [3.05, 3.63) is 89.1 Å². The first kappa shape index (κ1) is 15.3. The summed E-state index contributed by atoms with van der Waals surface area (Å²) in [6, 6.07) is 21.1. The van der Waals surface area contributed by atoms with Crippen molar-refractivity contribution in [3.63, 3.8) is 0 Å². The van der Waals surface area contributed by atoms with Gasteiger partial charge in [-0.2, -0.15) is 0 Å². The summed E-state index contributed by atoms with van der Waals surface area (Å²) < 4.78 is 0. The van der Waals surface area contributed by atoms with Crippen molar-refractivity contribution in [3.8, 4) is 0 Å². The Morgan fingerprint density at radius 1 is 1.00 bits per heavy atom. The number of carbonyl (C=O) groups excluding carboxylic acids is 1. The lowest BCUT2D eigenvalue weighted by atomic mass is 10.0. The summed E-state index contributed by atoms with van der Waals surface area (Å²) in [5.41, 5.74) is 2.33. The van der Waals surface area contributed by atoms with E-state index in [9.17, 15) is 4.79 Å². The molecule has 3 aromatic rings. The molecule has 0 aliphatic heterocycles. The largest absolute Gasteiger partial charge is 0.359 e. The first-order valence-electron chi connectivity index (χ1n) is 7.36. The zero-order chi connectivity index (χ0) is 16.2. The van der Waals surface area contributed by atoms with Gasteiger partial charge in [-0.05, 0) is 35.9 Å². The van der Waals surface area contributed by atoms with Crippen molar-refractivity contribution >= 4 is 33.8 Å². The maximum Gasteiger partial charge on any atom is 0.188 e. The van der Waals surface area contributed by atoms with E-state index in [0.717, 1.165) is 22.2 Å². The van der Waals surface area contributed by atoms with Crippen LogP contribution in [0.25, 0.3) is 10.8 Å². The maximum absolute atomic E-state index is 12.6. The number of fused-ring (bicyclic) bond motifs is 1. The number of benzene rings is 3. The Morgan fingerprint density at radius 2 is 1.74 bits per heavy atom. The Hall–Kier alpha value is -2.58. The normalized spacial score (nSPS) is 11.5. The zero-order valence-corrected chi connectivity index (χ0v) is 13.5. The number of ketones is 1. The third kappa shape index (κ3) is 3.61. The fraction of sp³-hybridized carbons (Fsp3) is 0.0500. The standard InChI is InChI=1S/C20H16ClNO/c1-14(22-17-9-5-8-16(21)13-17)12-20(23)19-11-4-7-15-6-2-3-10-18(15)19/h2-13,22H,1H3/b14-12-. The molecule has 0 aliphatic carbocycles. The van der Waals surface area contributed by atoms with E-state index in [4.69, 9.17) is 11.6 Å². The monoisotopic (exact) mass is 321 g/mol. The minimum absolute atomic E-state index is 0.0196. The van der Waals surface area contributed by atoms with Gasteiger partial charge in [0.1, 0.15) is 0 Å². The minimum Gasteiger partial charge on any atom is -0.359 e. The van der Waals surface area contributed by atoms with E-state index in [-0.39, 0.29) is 5.78 Å². The fourth-order valence-corrected chi connectivity index (χ4v) is 2.73. The van der Waals surface area contributed by atoms with Crippen molar-refractivity contribution in [2.45, 2.75) is 6.92 Å². The predicted molar refractivity (Wildman–Crippen MR) is 97.1 cm³/mol. The molecule has 0 aliphatic rings. The van der Waals surface area contributed by atoms with Gasteiger partial charge in [-0.1, -0.05) is 60.1 Å². The highest BCUT2D eigenvalue weighted by molar-refractivity contribution is 6.30. The Bertz CT molecular complexity index is 894. The molecule has 23 heavy (non-hydrogen) atoms. The van der Waals surface area contributed by atoms with Crippen LogP contribution in [-0.4, -0.2) is 5.78 Å². The Morgan fingerprint density at radius 3 is 2.57 bits per heavy atom. The molecule has 3 rings (SSSR count). The van der Waals surface area contributed by atoms with Crippen molar-refractivity contribution in [1.29, 1.82) is 0 Å². The quantitative estimate of drug-likeness (QED) is 0.494. The molecule has 0 fully saturated rings. The first-order chi connectivity index (χ1) is 11.1. The summed E-state index contributed by atoms with van der Waals surface area (Å²) >= 11 is 5.97. The van der Waals surface area contributed by atoms with Crippen LogP contribution in [-0.2, 0) is 0 Å². The average Bonchev–Trinajstić information content (AvgIpc) is 2.54. The van der Waals surface area contributed by atoms with Crippen LogP contribution in [0.1, 0.15) is 17.3 Å². The van der Waals surface area contributed by atoms with Crippen LogP contribution in [0.4, 0.5) is 5.69 Å². The first-order valence-corrected chi connectivity index (χ1v) is 7.74. The number of hydrogen-bond donors (Lipinski definition) is 1. The topological polar surface area (TPSA) is 29.1 Å². The van der Waals surface area contributed by atoms with E-state index in [1.807, 2.05) is 73.7 Å². The van der Waals surface area contributed by atoms with Crippen LogP contribution in [0.15, 0.2) is 78.5 Å². The number of halogens is 1. The van der Waals surface area contributed by atoms with Gasteiger partial charge in [0.25, 0.3) is 0 Å². The van der Waals surface area contributed by atoms with Gasteiger partial charge < -0.3 is 5.32 Å². The van der Waals surface area contributed by atoms with E-state index in [0.29, 0.717) is 10.6 Å². The third-order valence-electron chi connectivity index (χ3n) is 3.57. The van der Waals surface area contributed by atoms with Gasteiger partial charge >= 0.3 is 0 Å². The lowest BCUT2D eigenvalue weighted by molar-refractivity contribution is 0.104. The van der Waals surface area contributed by atoms with Gasteiger partial charge in [-0.15, -0.1) is 0 Å². The van der Waals surface area contributed by atoms with E-state index < -0.39 is 0 Å². The van der Waals surface area contributed by atoms with Gasteiger partial charge in [-0.3, -0.25) is 4.79 Å². The average molecular weight is 322 g/mol. The molecule has 0 unspecified atom stereocenters. The number of hydrogen-bond acceptors (Lipinski definition) is 2. The number of allylic oxidation sites excluding steroid dienone is 2. The second-order valence-corrected chi connectivity index (χ2v) is 5.79. The zero-order valence-electron chi connectivity index (χ0n) is 12.7. The van der Waals surface area contributed by atoms with Gasteiger partial charge in [0.2, 0.25) is 0 Å². The number of carbonyl (C=O) groups is 1. The minimum atomic E-state index is -0.0196. The number of nitrogens with one attached hydrogen (secondary N) is 1. The predicted octanol–water partition coefficient (Wildman–Crippen LogP) is 5.69. The highest BCUT2D eigenvalue weighted by Gasteiger charge is 2.07. The Balaban J connectivity index is 1.87. The van der Waals surface area contributed by atoms with E-state index in [2.05, 4.69) is 5.32 Å². The molecular formula is C20H16ClNO. The molecule has 0 amide bonds. The maximum atomic E-state index is 12.6. The Labute approximate surface area is 140 Å². The third-order valence-corrected chi connectivity index (χ3v) is 3.80. The molecule has 0 spiro atoms. The van der Waals surface area contributed by atoms with Crippen molar-refractivity contribution < 1.29 is 4.79 Å². The van der Waals surface area contributed by atoms with Crippen LogP contribution in [0.3, 0.4) is 0 Å². The summed E-state index contributed by atoms with van der Waals surface area (Å²) in [5.74, 6) is -0.0196. The van der Waals surface area contributed by atoms with E-state index in [1.54, 1.807) is 6.08 Å². The molecule has 3 aromatic carbocycles. The van der Waals surface area contributed by atoms with Gasteiger partial charge in [0.05, 0.1) is 0 Å². The molecule has 0 saturated carbocycles. The van der Waals surface area contributed by atoms with Gasteiger partial charge in [0, 0.05) is 28.0 Å². The fourth-order valence-electron chi connectivity index (χ4n) is 2.54. The van der Waals surface area contributed by atoms with Crippen LogP contribution in [0, 0.1) is 0 Å². The summed E-state index contributed by atoms with van der Waals surface area (Å²) in [7, 11) is 0. The Kier molecular flexibility index (Phi) is 4.45. The van der Waals surface area contributed by atoms with E-state index >= 15 is 0 Å². The van der Waals surface area contributed by atoms with Crippen LogP contribution >= 0.6 is 11.6 Å². The second kappa shape index (κ2) is 6.67. The smallest absolute Gasteiger partial charge is 0.188 e. The molecule has 0 saturated heterocycles. The van der Waals surface area contributed by atoms with E-state index in [1.165, 1.54) is 0 Å². The molecule has 3 heteroatoms. The molecule has 2 nitrogen and oxygen atoms in total. The van der Waals surface area contributed by atoms with Crippen LogP contribution in [0.2, 0.25) is 5.02 Å². The summed E-state index contributed by atoms with van der Waals surface area (Å²) in [4.78, 5) is 12.6. The highest BCUT2D eigenvalue weighted by atomic mass is 35.5. The van der Waals surface area contributed by atoms with Crippen molar-refractivity contribution in [1.82, 2.24) is 0 Å². The summed E-state index contributed by atoms with van der Waals surface area (Å²) in [5, 5.41) is 5.87. The lowest BCUT2D eigenvalue weighted by Crippen LogP contribution is -2.02. The molecule has 114 valence electrons. The van der Waals surface area contributed by atoms with Crippen molar-refractivity contribution in [2.75, 3.05) is 5.32 Å². The molecule has 0 atom stereocenters. The number of anilines is 1. The molecule has 0 bridgehead atoms. The summed E-state index contributed by atoms with van der Waals surface area (Å²) in [6.07, 6.45) is 1.61. The molecule has 1 N–H and O–H groups in total. The molecule has 0 aromatic heterocycles. The lowest BCUT2D eigenvalue weighted by Gasteiger charge is -2.08. The second-order valence-electron chi connectivity index (χ2n) is 5.35. The molecule has 0 heterocycles.